The summed E-state index contributed by atoms with van der Waals surface area (Å²) in [6, 6.07) is 11.6. The Bertz CT molecular complexity index is 1110. The van der Waals surface area contributed by atoms with E-state index in [2.05, 4.69) is 10.00 Å². The number of methoxy groups -OCH3 is 1. The molecule has 36 heavy (non-hydrogen) atoms. The molecule has 9 heteroatoms. The molecule has 2 aromatic carbocycles. The van der Waals surface area contributed by atoms with E-state index in [0.29, 0.717) is 50.1 Å². The molecule has 1 N–H and O–H groups in total. The molecule has 1 aliphatic rings. The van der Waals surface area contributed by atoms with Gasteiger partial charge in [-0.05, 0) is 54.4 Å². The van der Waals surface area contributed by atoms with Crippen LogP contribution in [0.1, 0.15) is 17.5 Å². The molecule has 1 saturated heterocycles. The standard InChI is InChI=1S/C27H34FN3O5/c1-21-15-29-31(16-21)10-3-12-35-25-9-4-22(14-26(25)33-2)17-30-11-13-34-19-27(32,18-30)20-36-24-7-5-23(28)6-8-24/h4-9,14-16,32H,3,10-13,17-20H2,1-2H3. The molecule has 1 fully saturated rings. The van der Waals surface area contributed by atoms with Gasteiger partial charge < -0.3 is 24.1 Å². The van der Waals surface area contributed by atoms with Gasteiger partial charge in [-0.2, -0.15) is 5.10 Å². The molecule has 1 atom stereocenters. The van der Waals surface area contributed by atoms with Gasteiger partial charge in [-0.3, -0.25) is 9.58 Å². The number of nitrogens with zero attached hydrogens (tertiary/aromatic N) is 3. The van der Waals surface area contributed by atoms with Crippen LogP contribution in [-0.2, 0) is 17.8 Å². The third-order valence-electron chi connectivity index (χ3n) is 5.95. The van der Waals surface area contributed by atoms with Crippen molar-refractivity contribution >= 4 is 0 Å². The Morgan fingerprint density at radius 2 is 1.97 bits per heavy atom. The van der Waals surface area contributed by atoms with Crippen LogP contribution in [0.4, 0.5) is 4.39 Å². The monoisotopic (exact) mass is 499 g/mol. The Balaban J connectivity index is 1.31. The Morgan fingerprint density at radius 3 is 2.72 bits per heavy atom. The van der Waals surface area contributed by atoms with Crippen LogP contribution >= 0.6 is 0 Å². The quantitative estimate of drug-likeness (QED) is 0.405. The zero-order chi connectivity index (χ0) is 25.4. The van der Waals surface area contributed by atoms with Gasteiger partial charge in [0.05, 0.1) is 33.1 Å². The minimum atomic E-state index is -1.19. The van der Waals surface area contributed by atoms with E-state index < -0.39 is 5.60 Å². The SMILES string of the molecule is COc1cc(CN2CCOCC(O)(COc3ccc(F)cc3)C2)ccc1OCCCn1cc(C)cn1. The number of hydrogen-bond donors (Lipinski definition) is 1. The van der Waals surface area contributed by atoms with Crippen LogP contribution in [0.3, 0.4) is 0 Å². The topological polar surface area (TPSA) is 78.2 Å². The summed E-state index contributed by atoms with van der Waals surface area (Å²) in [5.74, 6) is 1.53. The number of hydrogen-bond acceptors (Lipinski definition) is 7. The van der Waals surface area contributed by atoms with E-state index in [0.717, 1.165) is 24.1 Å². The first-order valence-corrected chi connectivity index (χ1v) is 12.1. The lowest BCUT2D eigenvalue weighted by atomic mass is 10.1. The van der Waals surface area contributed by atoms with Crippen molar-refractivity contribution in [3.63, 3.8) is 0 Å². The fourth-order valence-corrected chi connectivity index (χ4v) is 4.15. The molecule has 4 rings (SSSR count). The molecule has 0 aliphatic carbocycles. The highest BCUT2D eigenvalue weighted by molar-refractivity contribution is 5.43. The maximum absolute atomic E-state index is 13.1. The molecule has 8 nitrogen and oxygen atoms in total. The Hall–Kier alpha value is -3.14. The molecule has 1 unspecified atom stereocenters. The van der Waals surface area contributed by atoms with E-state index in [1.807, 2.05) is 42.2 Å². The van der Waals surface area contributed by atoms with Gasteiger partial charge in [0, 0.05) is 38.8 Å². The van der Waals surface area contributed by atoms with Gasteiger partial charge in [0.25, 0.3) is 0 Å². The molecular formula is C27H34FN3O5. The molecule has 1 aromatic heterocycles. The fourth-order valence-electron chi connectivity index (χ4n) is 4.15. The number of β-amino-alcohol motifs (C(OH)–C–C–N with tert-alkyl or cyclic N) is 1. The third-order valence-corrected chi connectivity index (χ3v) is 5.95. The lowest BCUT2D eigenvalue weighted by molar-refractivity contribution is -0.0646. The van der Waals surface area contributed by atoms with Gasteiger partial charge in [0.15, 0.2) is 11.5 Å². The molecule has 0 spiro atoms. The number of aromatic nitrogens is 2. The van der Waals surface area contributed by atoms with Crippen molar-refractivity contribution in [1.82, 2.24) is 14.7 Å². The number of rotatable bonds is 11. The second-order valence-electron chi connectivity index (χ2n) is 9.20. The van der Waals surface area contributed by atoms with Gasteiger partial charge in [0.2, 0.25) is 0 Å². The minimum Gasteiger partial charge on any atom is -0.493 e. The lowest BCUT2D eigenvalue weighted by Crippen LogP contribution is -2.48. The molecule has 3 aromatic rings. The second kappa shape index (κ2) is 12.2. The van der Waals surface area contributed by atoms with Crippen LogP contribution in [0.15, 0.2) is 54.9 Å². The normalized spacial score (nSPS) is 18.6. The first-order chi connectivity index (χ1) is 17.4. The summed E-state index contributed by atoms with van der Waals surface area (Å²) in [4.78, 5) is 2.13. The van der Waals surface area contributed by atoms with E-state index in [9.17, 15) is 9.50 Å². The summed E-state index contributed by atoms with van der Waals surface area (Å²) in [7, 11) is 1.63. The zero-order valence-electron chi connectivity index (χ0n) is 20.9. The molecule has 2 heterocycles. The maximum Gasteiger partial charge on any atom is 0.161 e. The fraction of sp³-hybridized carbons (Fsp3) is 0.444. The van der Waals surface area contributed by atoms with Crippen molar-refractivity contribution in [2.75, 3.05) is 46.6 Å². The third kappa shape index (κ3) is 7.43. The van der Waals surface area contributed by atoms with E-state index in [1.54, 1.807) is 19.2 Å². The van der Waals surface area contributed by atoms with Crippen LogP contribution in [0.25, 0.3) is 0 Å². The number of aryl methyl sites for hydroxylation is 2. The summed E-state index contributed by atoms with van der Waals surface area (Å²) in [5, 5.41) is 15.4. The van der Waals surface area contributed by atoms with Crippen LogP contribution in [-0.4, -0.2) is 72.0 Å². The van der Waals surface area contributed by atoms with E-state index in [-0.39, 0.29) is 19.0 Å². The average Bonchev–Trinajstić information content (AvgIpc) is 3.20. The van der Waals surface area contributed by atoms with Crippen molar-refractivity contribution in [2.24, 2.45) is 0 Å². The highest BCUT2D eigenvalue weighted by Crippen LogP contribution is 2.29. The van der Waals surface area contributed by atoms with Crippen LogP contribution in [0.2, 0.25) is 0 Å². The Labute approximate surface area is 211 Å². The molecule has 1 aliphatic heterocycles. The molecule has 0 bridgehead atoms. The molecule has 0 amide bonds. The Kier molecular flexibility index (Phi) is 8.79. The second-order valence-corrected chi connectivity index (χ2v) is 9.20. The van der Waals surface area contributed by atoms with Crippen molar-refractivity contribution < 1.29 is 28.4 Å². The van der Waals surface area contributed by atoms with Gasteiger partial charge in [-0.15, -0.1) is 0 Å². The lowest BCUT2D eigenvalue weighted by Gasteiger charge is -2.30. The maximum atomic E-state index is 13.1. The predicted molar refractivity (Wildman–Crippen MR) is 133 cm³/mol. The van der Waals surface area contributed by atoms with Gasteiger partial charge in [-0.1, -0.05) is 6.07 Å². The van der Waals surface area contributed by atoms with Crippen molar-refractivity contribution in [2.45, 2.75) is 32.0 Å². The average molecular weight is 500 g/mol. The number of aliphatic hydroxyl groups is 1. The summed E-state index contributed by atoms with van der Waals surface area (Å²) >= 11 is 0. The first-order valence-electron chi connectivity index (χ1n) is 12.1. The minimum absolute atomic E-state index is 0.0450. The highest BCUT2D eigenvalue weighted by atomic mass is 19.1. The van der Waals surface area contributed by atoms with Gasteiger partial charge >= 0.3 is 0 Å². The molecule has 194 valence electrons. The van der Waals surface area contributed by atoms with Gasteiger partial charge in [0.1, 0.15) is 23.8 Å². The smallest absolute Gasteiger partial charge is 0.161 e. The first kappa shape index (κ1) is 25.9. The summed E-state index contributed by atoms with van der Waals surface area (Å²) < 4.78 is 38.0. The van der Waals surface area contributed by atoms with Crippen molar-refractivity contribution in [3.05, 3.63) is 71.8 Å². The van der Waals surface area contributed by atoms with E-state index >= 15 is 0 Å². The van der Waals surface area contributed by atoms with E-state index in [4.69, 9.17) is 18.9 Å². The van der Waals surface area contributed by atoms with Gasteiger partial charge in [-0.25, -0.2) is 4.39 Å². The van der Waals surface area contributed by atoms with Crippen molar-refractivity contribution in [3.8, 4) is 17.2 Å². The zero-order valence-corrected chi connectivity index (χ0v) is 20.9. The van der Waals surface area contributed by atoms with Crippen LogP contribution < -0.4 is 14.2 Å². The molecule has 0 saturated carbocycles. The summed E-state index contributed by atoms with van der Waals surface area (Å²) in [6.45, 7) is 5.74. The number of benzene rings is 2. The summed E-state index contributed by atoms with van der Waals surface area (Å²) in [5.41, 5.74) is 0.989. The van der Waals surface area contributed by atoms with E-state index in [1.165, 1.54) is 12.1 Å². The number of ether oxygens (including phenoxy) is 4. The largest absolute Gasteiger partial charge is 0.493 e. The van der Waals surface area contributed by atoms with Crippen molar-refractivity contribution in [1.29, 1.82) is 0 Å². The van der Waals surface area contributed by atoms with Crippen LogP contribution in [0, 0.1) is 12.7 Å². The number of halogens is 1. The molecular weight excluding hydrogens is 465 g/mol. The molecule has 0 radical (unpaired) electrons. The van der Waals surface area contributed by atoms with Crippen LogP contribution in [0.5, 0.6) is 17.2 Å². The predicted octanol–water partition coefficient (Wildman–Crippen LogP) is 3.45. The Morgan fingerprint density at radius 1 is 1.14 bits per heavy atom. The highest BCUT2D eigenvalue weighted by Gasteiger charge is 2.33. The summed E-state index contributed by atoms with van der Waals surface area (Å²) in [6.07, 6.45) is 4.69.